The first-order chi connectivity index (χ1) is 7.93. The zero-order chi connectivity index (χ0) is 13.0. The number of nitrogens with one attached hydrogen (secondary N) is 1. The van der Waals surface area contributed by atoms with E-state index in [1.165, 1.54) is 0 Å². The number of amides is 1. The lowest BCUT2D eigenvalue weighted by atomic mass is 10.3. The summed E-state index contributed by atoms with van der Waals surface area (Å²) in [5.74, 6) is 5.76. The summed E-state index contributed by atoms with van der Waals surface area (Å²) < 4.78 is 0. The Bertz CT molecular complexity index is 406. The van der Waals surface area contributed by atoms with Crippen LogP contribution in [0.25, 0.3) is 0 Å². The van der Waals surface area contributed by atoms with Crippen LogP contribution in [-0.2, 0) is 4.79 Å². The molecule has 17 heavy (non-hydrogen) atoms. The third kappa shape index (κ3) is 3.45. The molecule has 8 nitrogen and oxygen atoms in total. The number of carbonyl (C=O) groups excluding carboxylic acids is 1. The summed E-state index contributed by atoms with van der Waals surface area (Å²) in [6.07, 6.45) is 0. The maximum absolute atomic E-state index is 11.0. The highest BCUT2D eigenvalue weighted by Crippen LogP contribution is 2.18. The second-order valence-electron chi connectivity index (χ2n) is 3.80. The lowest BCUT2D eigenvalue weighted by molar-refractivity contribution is -0.116. The van der Waals surface area contributed by atoms with Crippen LogP contribution in [0, 0.1) is 0 Å². The van der Waals surface area contributed by atoms with Gasteiger partial charge in [0.05, 0.1) is 6.54 Å². The molecule has 0 saturated heterocycles. The first-order valence-corrected chi connectivity index (χ1v) is 5.10. The highest BCUT2D eigenvalue weighted by Gasteiger charge is 2.16. The predicted molar refractivity (Wildman–Crippen MR) is 65.9 cm³/mol. The highest BCUT2D eigenvalue weighted by atomic mass is 16.1. The van der Waals surface area contributed by atoms with Gasteiger partial charge >= 0.3 is 0 Å². The number of rotatable bonds is 5. The van der Waals surface area contributed by atoms with Crippen molar-refractivity contribution in [3.63, 3.8) is 0 Å². The van der Waals surface area contributed by atoms with Crippen LogP contribution in [0.1, 0.15) is 13.8 Å². The van der Waals surface area contributed by atoms with Crippen molar-refractivity contribution >= 4 is 23.5 Å². The van der Waals surface area contributed by atoms with Crippen molar-refractivity contribution in [2.45, 2.75) is 19.9 Å². The molecule has 0 fully saturated rings. The standard InChI is InChI=1S/C9H17N7O/c1-5(2)16(4-6(10)17)8-3-7(15-12)13-9(11)14-8/h3,5H,4,12H2,1-2H3,(H2,10,17)(H3,11,13,14,15). The summed E-state index contributed by atoms with van der Waals surface area (Å²) in [4.78, 5) is 20.6. The van der Waals surface area contributed by atoms with Gasteiger partial charge in [0, 0.05) is 12.1 Å². The van der Waals surface area contributed by atoms with Gasteiger partial charge in [-0.15, -0.1) is 0 Å². The van der Waals surface area contributed by atoms with Crippen molar-refractivity contribution in [3.05, 3.63) is 6.07 Å². The van der Waals surface area contributed by atoms with E-state index in [1.54, 1.807) is 11.0 Å². The van der Waals surface area contributed by atoms with Gasteiger partial charge in [-0.05, 0) is 13.8 Å². The number of hydrazine groups is 1. The van der Waals surface area contributed by atoms with E-state index in [0.717, 1.165) is 0 Å². The van der Waals surface area contributed by atoms with Crippen LogP contribution in [0.5, 0.6) is 0 Å². The molecule has 1 heterocycles. The number of hydrogen-bond acceptors (Lipinski definition) is 7. The average molecular weight is 239 g/mol. The molecule has 1 rings (SSSR count). The van der Waals surface area contributed by atoms with Crippen LogP contribution >= 0.6 is 0 Å². The topological polar surface area (TPSA) is 136 Å². The van der Waals surface area contributed by atoms with E-state index >= 15 is 0 Å². The number of primary amides is 1. The smallest absolute Gasteiger partial charge is 0.237 e. The fourth-order valence-corrected chi connectivity index (χ4v) is 1.37. The summed E-state index contributed by atoms with van der Waals surface area (Å²) in [5, 5.41) is 0. The molecule has 1 amide bonds. The fraction of sp³-hybridized carbons (Fsp3) is 0.444. The fourth-order valence-electron chi connectivity index (χ4n) is 1.37. The highest BCUT2D eigenvalue weighted by molar-refractivity contribution is 5.79. The number of aromatic nitrogens is 2. The van der Waals surface area contributed by atoms with Crippen LogP contribution in [0.4, 0.5) is 17.6 Å². The van der Waals surface area contributed by atoms with Gasteiger partial charge < -0.3 is 21.8 Å². The van der Waals surface area contributed by atoms with Crippen LogP contribution in [0.3, 0.4) is 0 Å². The Morgan fingerprint density at radius 2 is 2.18 bits per heavy atom. The maximum Gasteiger partial charge on any atom is 0.237 e. The molecule has 8 heteroatoms. The Morgan fingerprint density at radius 1 is 1.53 bits per heavy atom. The lowest BCUT2D eigenvalue weighted by Crippen LogP contribution is -2.39. The molecule has 0 unspecified atom stereocenters. The minimum atomic E-state index is -0.446. The zero-order valence-electron chi connectivity index (χ0n) is 9.84. The summed E-state index contributed by atoms with van der Waals surface area (Å²) in [5.41, 5.74) is 13.1. The Balaban J connectivity index is 3.08. The lowest BCUT2D eigenvalue weighted by Gasteiger charge is -2.26. The van der Waals surface area contributed by atoms with Gasteiger partial charge in [-0.25, -0.2) is 5.84 Å². The molecule has 1 aromatic heterocycles. The van der Waals surface area contributed by atoms with Gasteiger partial charge in [-0.2, -0.15) is 9.97 Å². The first kappa shape index (κ1) is 13.0. The molecule has 0 aliphatic carbocycles. The molecule has 1 aromatic rings. The SMILES string of the molecule is CC(C)N(CC(N)=O)c1cc(NN)nc(N)n1. The minimum Gasteiger partial charge on any atom is -0.368 e. The van der Waals surface area contributed by atoms with Crippen molar-refractivity contribution in [2.75, 3.05) is 22.6 Å². The van der Waals surface area contributed by atoms with Gasteiger partial charge in [0.25, 0.3) is 0 Å². The number of hydrogen-bond donors (Lipinski definition) is 4. The summed E-state index contributed by atoms with van der Waals surface area (Å²) >= 11 is 0. The van der Waals surface area contributed by atoms with Crippen molar-refractivity contribution < 1.29 is 4.79 Å². The van der Waals surface area contributed by atoms with E-state index in [0.29, 0.717) is 11.6 Å². The normalized spacial score (nSPS) is 10.4. The molecular formula is C9H17N7O. The molecule has 0 spiro atoms. The molecule has 0 aliphatic rings. The number of nitrogens with two attached hydrogens (primary N) is 3. The molecule has 0 saturated carbocycles. The summed E-state index contributed by atoms with van der Waals surface area (Å²) in [7, 11) is 0. The Morgan fingerprint density at radius 3 is 2.65 bits per heavy atom. The third-order valence-electron chi connectivity index (χ3n) is 2.12. The second-order valence-corrected chi connectivity index (χ2v) is 3.80. The van der Waals surface area contributed by atoms with Crippen molar-refractivity contribution in [2.24, 2.45) is 11.6 Å². The monoisotopic (exact) mass is 239 g/mol. The molecule has 0 aromatic carbocycles. The van der Waals surface area contributed by atoms with E-state index in [9.17, 15) is 4.79 Å². The number of carbonyl (C=O) groups is 1. The number of nitrogens with zero attached hydrogens (tertiary/aromatic N) is 3. The molecular weight excluding hydrogens is 222 g/mol. The van der Waals surface area contributed by atoms with Gasteiger partial charge in [-0.1, -0.05) is 0 Å². The molecule has 94 valence electrons. The van der Waals surface area contributed by atoms with Crippen molar-refractivity contribution in [1.29, 1.82) is 0 Å². The largest absolute Gasteiger partial charge is 0.368 e. The van der Waals surface area contributed by atoms with Crippen molar-refractivity contribution in [3.8, 4) is 0 Å². The maximum atomic E-state index is 11.0. The first-order valence-electron chi connectivity index (χ1n) is 5.10. The van der Waals surface area contributed by atoms with E-state index in [-0.39, 0.29) is 18.5 Å². The van der Waals surface area contributed by atoms with Crippen molar-refractivity contribution in [1.82, 2.24) is 9.97 Å². The quantitative estimate of drug-likeness (QED) is 0.384. The zero-order valence-corrected chi connectivity index (χ0v) is 9.84. The summed E-state index contributed by atoms with van der Waals surface area (Å²) in [6, 6.07) is 1.64. The van der Waals surface area contributed by atoms with E-state index in [2.05, 4.69) is 15.4 Å². The van der Waals surface area contributed by atoms with Gasteiger partial charge in [0.1, 0.15) is 11.6 Å². The molecule has 0 radical (unpaired) electrons. The van der Waals surface area contributed by atoms with Crippen LogP contribution in [0.2, 0.25) is 0 Å². The number of anilines is 3. The van der Waals surface area contributed by atoms with Gasteiger partial charge in [0.2, 0.25) is 11.9 Å². The van der Waals surface area contributed by atoms with E-state index < -0.39 is 5.91 Å². The van der Waals surface area contributed by atoms with Crippen LogP contribution < -0.4 is 27.6 Å². The van der Waals surface area contributed by atoms with Crippen LogP contribution in [0.15, 0.2) is 6.07 Å². The molecule has 0 bridgehead atoms. The summed E-state index contributed by atoms with van der Waals surface area (Å²) in [6.45, 7) is 3.88. The molecule has 7 N–H and O–H groups in total. The average Bonchev–Trinajstić information content (AvgIpc) is 2.24. The van der Waals surface area contributed by atoms with E-state index in [1.807, 2.05) is 13.8 Å². The Hall–Kier alpha value is -2.09. The van der Waals surface area contributed by atoms with Crippen LogP contribution in [-0.4, -0.2) is 28.5 Å². The Labute approximate surface area is 99.2 Å². The number of nitrogen functional groups attached to an aromatic ring is 2. The molecule has 0 atom stereocenters. The Kier molecular flexibility index (Phi) is 4.05. The van der Waals surface area contributed by atoms with Gasteiger partial charge in [0.15, 0.2) is 0 Å². The van der Waals surface area contributed by atoms with E-state index in [4.69, 9.17) is 17.3 Å². The second kappa shape index (κ2) is 5.30. The molecule has 0 aliphatic heterocycles. The predicted octanol–water partition coefficient (Wildman–Crippen LogP) is -0.955. The minimum absolute atomic E-state index is 0.0439. The van der Waals surface area contributed by atoms with Gasteiger partial charge in [-0.3, -0.25) is 4.79 Å². The third-order valence-corrected chi connectivity index (χ3v) is 2.12.